The highest BCUT2D eigenvalue weighted by Gasteiger charge is 2.19. The standard InChI is InChI=1S/C31H24BrClFN3O3S/c1-19(29(38)36-27-16-6-5-13-24(27)32)41-22-12-7-11-21(17-22)35-31(40)28(18-23-25(33)14-8-15-26(23)34)37-30(39)20-9-3-2-4-10-20/h2-19H,1H3,(H,35,40)(H,36,38)(H,37,39)/b28-18+. The number of carbonyl (C=O) groups is 3. The lowest BCUT2D eigenvalue weighted by Gasteiger charge is -2.15. The van der Waals surface area contributed by atoms with Crippen LogP contribution in [0.4, 0.5) is 15.8 Å². The van der Waals surface area contributed by atoms with E-state index in [0.29, 0.717) is 16.9 Å². The Balaban J connectivity index is 1.52. The lowest BCUT2D eigenvalue weighted by atomic mass is 10.1. The molecule has 0 bridgehead atoms. The summed E-state index contributed by atoms with van der Waals surface area (Å²) in [5.41, 5.74) is 1.15. The summed E-state index contributed by atoms with van der Waals surface area (Å²) < 4.78 is 15.3. The Kier molecular flexibility index (Phi) is 10.3. The first kappa shape index (κ1) is 30.0. The molecule has 41 heavy (non-hydrogen) atoms. The third kappa shape index (κ3) is 8.29. The van der Waals surface area contributed by atoms with E-state index in [9.17, 15) is 18.8 Å². The summed E-state index contributed by atoms with van der Waals surface area (Å²) in [7, 11) is 0. The number of thioether (sulfide) groups is 1. The molecule has 0 aliphatic rings. The molecule has 0 fully saturated rings. The molecular formula is C31H24BrClFN3O3S. The van der Waals surface area contributed by atoms with Crippen molar-refractivity contribution in [1.29, 1.82) is 0 Å². The maximum absolute atomic E-state index is 14.5. The van der Waals surface area contributed by atoms with E-state index in [0.717, 1.165) is 9.37 Å². The van der Waals surface area contributed by atoms with Gasteiger partial charge in [0, 0.05) is 26.2 Å². The molecule has 0 heterocycles. The summed E-state index contributed by atoms with van der Waals surface area (Å²) in [5, 5.41) is 7.83. The molecule has 3 amide bonds. The second-order valence-electron chi connectivity index (χ2n) is 8.72. The fourth-order valence-electron chi connectivity index (χ4n) is 3.64. The van der Waals surface area contributed by atoms with Crippen LogP contribution in [0, 0.1) is 5.82 Å². The Morgan fingerprint density at radius 1 is 0.902 bits per heavy atom. The molecule has 6 nitrogen and oxygen atoms in total. The third-order valence-corrected chi connectivity index (χ3v) is 7.84. The number of carbonyl (C=O) groups excluding carboxylic acids is 3. The van der Waals surface area contributed by atoms with Gasteiger partial charge in [-0.1, -0.05) is 54.1 Å². The molecule has 0 aromatic heterocycles. The number of nitrogens with one attached hydrogen (secondary N) is 3. The third-order valence-electron chi connectivity index (χ3n) is 5.72. The molecule has 10 heteroatoms. The lowest BCUT2D eigenvalue weighted by Crippen LogP contribution is -2.30. The normalized spacial score (nSPS) is 11.9. The Bertz CT molecular complexity index is 1600. The van der Waals surface area contributed by atoms with E-state index in [1.54, 1.807) is 61.5 Å². The number of anilines is 2. The van der Waals surface area contributed by atoms with Crippen molar-refractivity contribution in [2.24, 2.45) is 0 Å². The number of amides is 3. The molecular weight excluding hydrogens is 629 g/mol. The monoisotopic (exact) mass is 651 g/mol. The van der Waals surface area contributed by atoms with Crippen LogP contribution in [-0.4, -0.2) is 23.0 Å². The van der Waals surface area contributed by atoms with Gasteiger partial charge < -0.3 is 16.0 Å². The van der Waals surface area contributed by atoms with Gasteiger partial charge in [0.05, 0.1) is 16.0 Å². The van der Waals surface area contributed by atoms with Crippen molar-refractivity contribution < 1.29 is 18.8 Å². The minimum absolute atomic E-state index is 0.0399. The van der Waals surface area contributed by atoms with Gasteiger partial charge in [-0.3, -0.25) is 14.4 Å². The molecule has 0 saturated carbocycles. The number of halogens is 3. The van der Waals surface area contributed by atoms with E-state index in [1.807, 2.05) is 24.3 Å². The van der Waals surface area contributed by atoms with Gasteiger partial charge in [0.2, 0.25) is 5.91 Å². The fourth-order valence-corrected chi connectivity index (χ4v) is 5.16. The number of para-hydroxylation sites is 1. The van der Waals surface area contributed by atoms with Gasteiger partial charge in [-0.15, -0.1) is 11.8 Å². The maximum atomic E-state index is 14.5. The molecule has 0 aliphatic carbocycles. The van der Waals surface area contributed by atoms with Gasteiger partial charge in [-0.05, 0) is 83.5 Å². The number of hydrogen-bond donors (Lipinski definition) is 3. The highest BCUT2D eigenvalue weighted by atomic mass is 79.9. The predicted octanol–water partition coefficient (Wildman–Crippen LogP) is 7.77. The van der Waals surface area contributed by atoms with E-state index in [2.05, 4.69) is 31.9 Å². The number of hydrogen-bond acceptors (Lipinski definition) is 4. The smallest absolute Gasteiger partial charge is 0.272 e. The molecule has 0 spiro atoms. The Labute approximate surface area is 254 Å². The molecule has 208 valence electrons. The van der Waals surface area contributed by atoms with Gasteiger partial charge in [0.25, 0.3) is 11.8 Å². The van der Waals surface area contributed by atoms with Gasteiger partial charge >= 0.3 is 0 Å². The van der Waals surface area contributed by atoms with Crippen LogP contribution in [-0.2, 0) is 9.59 Å². The minimum Gasteiger partial charge on any atom is -0.324 e. The summed E-state index contributed by atoms with van der Waals surface area (Å²) in [6, 6.07) is 26.7. The van der Waals surface area contributed by atoms with Crippen LogP contribution in [0.5, 0.6) is 0 Å². The van der Waals surface area contributed by atoms with Crippen molar-refractivity contribution in [3.05, 3.63) is 129 Å². The second kappa shape index (κ2) is 14.1. The van der Waals surface area contributed by atoms with Gasteiger partial charge in [-0.2, -0.15) is 0 Å². The molecule has 0 radical (unpaired) electrons. The van der Waals surface area contributed by atoms with Crippen LogP contribution < -0.4 is 16.0 Å². The van der Waals surface area contributed by atoms with E-state index >= 15 is 0 Å². The van der Waals surface area contributed by atoms with Crippen LogP contribution in [0.25, 0.3) is 6.08 Å². The van der Waals surface area contributed by atoms with Gasteiger partial charge in [0.1, 0.15) is 11.5 Å². The minimum atomic E-state index is -0.685. The largest absolute Gasteiger partial charge is 0.324 e. The van der Waals surface area contributed by atoms with Gasteiger partial charge in [-0.25, -0.2) is 4.39 Å². The SMILES string of the molecule is CC(Sc1cccc(NC(=O)/C(=C\c2c(F)cccc2Cl)NC(=O)c2ccccc2)c1)C(=O)Nc1ccccc1Br. The summed E-state index contributed by atoms with van der Waals surface area (Å²) in [6.07, 6.45) is 1.20. The van der Waals surface area contributed by atoms with Crippen LogP contribution in [0.1, 0.15) is 22.8 Å². The van der Waals surface area contributed by atoms with Crippen LogP contribution >= 0.6 is 39.3 Å². The number of rotatable bonds is 9. The van der Waals surface area contributed by atoms with Crippen molar-refractivity contribution in [3.8, 4) is 0 Å². The van der Waals surface area contributed by atoms with Crippen molar-refractivity contribution >= 4 is 74.5 Å². The summed E-state index contributed by atoms with van der Waals surface area (Å²) in [5.74, 6) is -2.07. The topological polar surface area (TPSA) is 87.3 Å². The average molecular weight is 653 g/mol. The van der Waals surface area contributed by atoms with E-state index < -0.39 is 22.9 Å². The van der Waals surface area contributed by atoms with E-state index in [-0.39, 0.29) is 22.2 Å². The van der Waals surface area contributed by atoms with Crippen molar-refractivity contribution in [3.63, 3.8) is 0 Å². The maximum Gasteiger partial charge on any atom is 0.272 e. The Morgan fingerprint density at radius 3 is 2.34 bits per heavy atom. The zero-order valence-corrected chi connectivity index (χ0v) is 24.8. The molecule has 1 atom stereocenters. The predicted molar refractivity (Wildman–Crippen MR) is 166 cm³/mol. The molecule has 0 saturated heterocycles. The summed E-state index contributed by atoms with van der Waals surface area (Å²) in [4.78, 5) is 39.7. The molecule has 4 aromatic rings. The van der Waals surface area contributed by atoms with Crippen molar-refractivity contribution in [1.82, 2.24) is 5.32 Å². The molecule has 1 unspecified atom stereocenters. The summed E-state index contributed by atoms with van der Waals surface area (Å²) >= 11 is 10.9. The van der Waals surface area contributed by atoms with E-state index in [4.69, 9.17) is 11.6 Å². The first-order valence-electron chi connectivity index (χ1n) is 12.4. The zero-order chi connectivity index (χ0) is 29.4. The first-order chi connectivity index (χ1) is 19.7. The fraction of sp³-hybridized carbons (Fsp3) is 0.0645. The molecule has 4 rings (SSSR count). The van der Waals surface area contributed by atoms with Crippen molar-refractivity contribution in [2.45, 2.75) is 17.1 Å². The quantitative estimate of drug-likeness (QED) is 0.127. The summed E-state index contributed by atoms with van der Waals surface area (Å²) in [6.45, 7) is 1.78. The second-order valence-corrected chi connectivity index (χ2v) is 11.4. The Morgan fingerprint density at radius 2 is 1.61 bits per heavy atom. The van der Waals surface area contributed by atoms with Gasteiger partial charge in [0.15, 0.2) is 0 Å². The molecule has 4 aromatic carbocycles. The van der Waals surface area contributed by atoms with Crippen LogP contribution in [0.15, 0.2) is 112 Å². The average Bonchev–Trinajstić information content (AvgIpc) is 2.96. The van der Waals surface area contributed by atoms with Crippen LogP contribution in [0.2, 0.25) is 5.02 Å². The molecule has 0 aliphatic heterocycles. The van der Waals surface area contributed by atoms with E-state index in [1.165, 1.54) is 36.0 Å². The highest BCUT2D eigenvalue weighted by molar-refractivity contribution is 9.10. The molecule has 3 N–H and O–H groups in total. The number of benzene rings is 4. The lowest BCUT2D eigenvalue weighted by molar-refractivity contribution is -0.115. The Hall–Kier alpha value is -3.92. The zero-order valence-electron chi connectivity index (χ0n) is 21.7. The highest BCUT2D eigenvalue weighted by Crippen LogP contribution is 2.28. The first-order valence-corrected chi connectivity index (χ1v) is 14.4. The van der Waals surface area contributed by atoms with Crippen molar-refractivity contribution in [2.75, 3.05) is 10.6 Å². The van der Waals surface area contributed by atoms with Crippen LogP contribution in [0.3, 0.4) is 0 Å².